The van der Waals surface area contributed by atoms with Gasteiger partial charge < -0.3 is 10.2 Å². The number of amides is 2. The molecule has 0 bridgehead atoms. The van der Waals surface area contributed by atoms with Crippen LogP contribution in [0.2, 0.25) is 0 Å². The highest BCUT2D eigenvalue weighted by molar-refractivity contribution is 5.96. The van der Waals surface area contributed by atoms with Crippen molar-refractivity contribution < 1.29 is 22.8 Å². The molecule has 2 unspecified atom stereocenters. The molecule has 1 heterocycles. The molecule has 2 atom stereocenters. The summed E-state index contributed by atoms with van der Waals surface area (Å²) in [5, 5.41) is 2.55. The Morgan fingerprint density at radius 1 is 1.33 bits per heavy atom. The number of rotatable bonds is 4. The van der Waals surface area contributed by atoms with Crippen molar-refractivity contribution in [2.24, 2.45) is 0 Å². The molecule has 1 fully saturated rings. The normalized spacial score (nSPS) is 25.3. The molecule has 0 aromatic carbocycles. The number of halogens is 3. The van der Waals surface area contributed by atoms with Crippen molar-refractivity contribution in [3.8, 4) is 0 Å². The third kappa shape index (κ3) is 3.61. The predicted octanol–water partition coefficient (Wildman–Crippen LogP) is 1.45. The first kappa shape index (κ1) is 14.8. The fraction of sp³-hybridized carbons (Fsp3) is 0.818. The van der Waals surface area contributed by atoms with Crippen LogP contribution in [0.25, 0.3) is 0 Å². The summed E-state index contributed by atoms with van der Waals surface area (Å²) in [7, 11) is 0. The smallest absolute Gasteiger partial charge is 0.343 e. The zero-order valence-corrected chi connectivity index (χ0v) is 10.4. The first-order chi connectivity index (χ1) is 8.26. The standard InChI is InChI=1S/C11H17F3N2O2/c1-3-8-10(18)16(7(2)9(17)15-8)6-4-5-11(12,13)14/h7-8H,3-6H2,1-2H3,(H,15,17). The molecule has 0 spiro atoms. The Morgan fingerprint density at radius 3 is 2.44 bits per heavy atom. The summed E-state index contributed by atoms with van der Waals surface area (Å²) in [5.74, 6) is -0.611. The van der Waals surface area contributed by atoms with Crippen LogP contribution >= 0.6 is 0 Å². The molecule has 0 saturated carbocycles. The topological polar surface area (TPSA) is 49.4 Å². The average molecular weight is 266 g/mol. The number of nitrogens with one attached hydrogen (secondary N) is 1. The van der Waals surface area contributed by atoms with Crippen molar-refractivity contribution in [2.45, 2.75) is 51.4 Å². The van der Waals surface area contributed by atoms with E-state index in [1.807, 2.05) is 0 Å². The lowest BCUT2D eigenvalue weighted by molar-refractivity contribution is -0.151. The maximum Gasteiger partial charge on any atom is 0.389 e. The van der Waals surface area contributed by atoms with Crippen molar-refractivity contribution >= 4 is 11.8 Å². The van der Waals surface area contributed by atoms with Gasteiger partial charge in [-0.1, -0.05) is 6.92 Å². The van der Waals surface area contributed by atoms with Crippen molar-refractivity contribution in [3.05, 3.63) is 0 Å². The van der Waals surface area contributed by atoms with Crippen molar-refractivity contribution in [3.63, 3.8) is 0 Å². The summed E-state index contributed by atoms with van der Waals surface area (Å²) in [6.07, 6.45) is -4.91. The van der Waals surface area contributed by atoms with E-state index in [2.05, 4.69) is 5.32 Å². The Kier molecular flexibility index (Phi) is 4.59. The molecule has 0 radical (unpaired) electrons. The molecular formula is C11H17F3N2O2. The van der Waals surface area contributed by atoms with Crippen molar-refractivity contribution in [1.29, 1.82) is 0 Å². The van der Waals surface area contributed by atoms with E-state index in [1.54, 1.807) is 6.92 Å². The van der Waals surface area contributed by atoms with E-state index >= 15 is 0 Å². The summed E-state index contributed by atoms with van der Waals surface area (Å²) >= 11 is 0. The van der Waals surface area contributed by atoms with Crippen LogP contribution < -0.4 is 5.32 Å². The van der Waals surface area contributed by atoms with Crippen LogP contribution in [0.4, 0.5) is 13.2 Å². The second kappa shape index (κ2) is 5.58. The summed E-state index contributed by atoms with van der Waals surface area (Å²) < 4.78 is 36.1. The quantitative estimate of drug-likeness (QED) is 0.837. The zero-order chi connectivity index (χ0) is 13.9. The van der Waals surface area contributed by atoms with Gasteiger partial charge in [0.05, 0.1) is 0 Å². The molecule has 104 valence electrons. The number of carbonyl (C=O) groups excluding carboxylic acids is 2. The van der Waals surface area contributed by atoms with Gasteiger partial charge in [0.15, 0.2) is 0 Å². The number of nitrogens with zero attached hydrogens (tertiary/aromatic N) is 1. The Morgan fingerprint density at radius 2 is 1.94 bits per heavy atom. The summed E-state index contributed by atoms with van der Waals surface area (Å²) in [6, 6.07) is -1.31. The van der Waals surface area contributed by atoms with E-state index in [0.29, 0.717) is 6.42 Å². The molecular weight excluding hydrogens is 249 g/mol. The molecule has 7 heteroatoms. The fourth-order valence-electron chi connectivity index (χ4n) is 1.92. The molecule has 0 aromatic heterocycles. The Balaban J connectivity index is 2.60. The molecule has 0 aromatic rings. The van der Waals surface area contributed by atoms with E-state index in [1.165, 1.54) is 11.8 Å². The van der Waals surface area contributed by atoms with E-state index in [4.69, 9.17) is 0 Å². The first-order valence-corrected chi connectivity index (χ1v) is 5.94. The van der Waals surface area contributed by atoms with Gasteiger partial charge >= 0.3 is 6.18 Å². The van der Waals surface area contributed by atoms with Crippen LogP contribution in [0, 0.1) is 0 Å². The van der Waals surface area contributed by atoms with Crippen LogP contribution in [0.15, 0.2) is 0 Å². The van der Waals surface area contributed by atoms with Crippen molar-refractivity contribution in [1.82, 2.24) is 10.2 Å². The lowest BCUT2D eigenvalue weighted by Gasteiger charge is -2.37. The Hall–Kier alpha value is -1.27. The third-order valence-corrected chi connectivity index (χ3v) is 3.01. The number of hydrogen-bond donors (Lipinski definition) is 1. The van der Waals surface area contributed by atoms with E-state index in [9.17, 15) is 22.8 Å². The number of piperazine rings is 1. The van der Waals surface area contributed by atoms with E-state index in [-0.39, 0.29) is 24.8 Å². The van der Waals surface area contributed by atoms with E-state index in [0.717, 1.165) is 0 Å². The average Bonchev–Trinajstić information content (AvgIpc) is 2.26. The molecule has 18 heavy (non-hydrogen) atoms. The van der Waals surface area contributed by atoms with Gasteiger partial charge in [0.1, 0.15) is 12.1 Å². The number of hydrogen-bond acceptors (Lipinski definition) is 2. The maximum absolute atomic E-state index is 12.0. The largest absolute Gasteiger partial charge is 0.389 e. The predicted molar refractivity (Wildman–Crippen MR) is 58.7 cm³/mol. The second-order valence-electron chi connectivity index (χ2n) is 4.40. The lowest BCUT2D eigenvalue weighted by atomic mass is 10.1. The molecule has 0 aliphatic carbocycles. The SMILES string of the molecule is CCC1NC(=O)C(C)N(CCCC(F)(F)F)C1=O. The van der Waals surface area contributed by atoms with Crippen molar-refractivity contribution in [2.75, 3.05) is 6.54 Å². The fourth-order valence-corrected chi connectivity index (χ4v) is 1.92. The summed E-state index contributed by atoms with van der Waals surface area (Å²) in [4.78, 5) is 24.7. The minimum atomic E-state index is -4.23. The molecule has 2 amide bonds. The van der Waals surface area contributed by atoms with Gasteiger partial charge in [-0.25, -0.2) is 0 Å². The molecule has 1 N–H and O–H groups in total. The highest BCUT2D eigenvalue weighted by Gasteiger charge is 2.37. The highest BCUT2D eigenvalue weighted by atomic mass is 19.4. The number of alkyl halides is 3. The van der Waals surface area contributed by atoms with E-state index < -0.39 is 24.7 Å². The third-order valence-electron chi connectivity index (χ3n) is 3.01. The lowest BCUT2D eigenvalue weighted by Crippen LogP contribution is -2.62. The molecule has 1 aliphatic rings. The Bertz CT molecular complexity index is 331. The van der Waals surface area contributed by atoms with Gasteiger partial charge in [0.2, 0.25) is 11.8 Å². The monoisotopic (exact) mass is 266 g/mol. The highest BCUT2D eigenvalue weighted by Crippen LogP contribution is 2.22. The minimum Gasteiger partial charge on any atom is -0.343 e. The van der Waals surface area contributed by atoms with Gasteiger partial charge in [0, 0.05) is 13.0 Å². The molecule has 1 aliphatic heterocycles. The second-order valence-corrected chi connectivity index (χ2v) is 4.40. The maximum atomic E-state index is 12.0. The summed E-state index contributed by atoms with van der Waals surface area (Å²) in [5.41, 5.74) is 0. The van der Waals surface area contributed by atoms with Gasteiger partial charge in [0.25, 0.3) is 0 Å². The van der Waals surface area contributed by atoms with Crippen LogP contribution in [0.5, 0.6) is 0 Å². The molecule has 1 saturated heterocycles. The van der Waals surface area contributed by atoms with Gasteiger partial charge in [-0.15, -0.1) is 0 Å². The van der Waals surface area contributed by atoms with Crippen LogP contribution in [-0.4, -0.2) is 41.5 Å². The van der Waals surface area contributed by atoms with Crippen LogP contribution in [0.3, 0.4) is 0 Å². The van der Waals surface area contributed by atoms with Crippen LogP contribution in [-0.2, 0) is 9.59 Å². The van der Waals surface area contributed by atoms with Gasteiger partial charge in [-0.3, -0.25) is 9.59 Å². The Labute approximate surface area is 104 Å². The zero-order valence-electron chi connectivity index (χ0n) is 10.4. The number of carbonyl (C=O) groups is 2. The first-order valence-electron chi connectivity index (χ1n) is 5.94. The molecule has 4 nitrogen and oxygen atoms in total. The minimum absolute atomic E-state index is 0.0383. The van der Waals surface area contributed by atoms with Crippen LogP contribution in [0.1, 0.15) is 33.1 Å². The summed E-state index contributed by atoms with van der Waals surface area (Å²) in [6.45, 7) is 3.23. The van der Waals surface area contributed by atoms with Gasteiger partial charge in [-0.2, -0.15) is 13.2 Å². The van der Waals surface area contributed by atoms with Gasteiger partial charge in [-0.05, 0) is 19.8 Å². The molecule has 1 rings (SSSR count).